The van der Waals surface area contributed by atoms with Gasteiger partial charge < -0.3 is 5.32 Å². The SMILES string of the molecule is C=C1c2ccccc2C(=O)N1CC(=O)N[C@H]1C[C@H]1c1ccc(F)cc1. The van der Waals surface area contributed by atoms with E-state index in [2.05, 4.69) is 11.9 Å². The van der Waals surface area contributed by atoms with Crippen LogP contribution in [-0.2, 0) is 4.79 Å². The van der Waals surface area contributed by atoms with Crippen LogP contribution in [0, 0.1) is 5.82 Å². The van der Waals surface area contributed by atoms with Gasteiger partial charge in [-0.2, -0.15) is 0 Å². The Kier molecular flexibility index (Phi) is 3.64. The Hall–Kier alpha value is -2.95. The van der Waals surface area contributed by atoms with E-state index in [1.54, 1.807) is 24.3 Å². The van der Waals surface area contributed by atoms with Gasteiger partial charge in [-0.3, -0.25) is 14.5 Å². The van der Waals surface area contributed by atoms with Gasteiger partial charge in [-0.15, -0.1) is 0 Å². The Balaban J connectivity index is 1.37. The van der Waals surface area contributed by atoms with Gasteiger partial charge in [0.15, 0.2) is 0 Å². The number of carbonyl (C=O) groups excluding carboxylic acids is 2. The number of nitrogens with zero attached hydrogens (tertiary/aromatic N) is 1. The number of hydrogen-bond donors (Lipinski definition) is 1. The van der Waals surface area contributed by atoms with Gasteiger partial charge in [-0.1, -0.05) is 36.9 Å². The summed E-state index contributed by atoms with van der Waals surface area (Å²) in [6, 6.07) is 13.6. The molecule has 0 saturated heterocycles. The summed E-state index contributed by atoms with van der Waals surface area (Å²) < 4.78 is 13.0. The molecule has 2 aromatic rings. The molecule has 0 bridgehead atoms. The van der Waals surface area contributed by atoms with Crippen molar-refractivity contribution in [3.63, 3.8) is 0 Å². The van der Waals surface area contributed by atoms with Crippen molar-refractivity contribution >= 4 is 17.5 Å². The Morgan fingerprint density at radius 3 is 2.52 bits per heavy atom. The third kappa shape index (κ3) is 2.82. The average Bonchev–Trinajstić information content (AvgIpc) is 3.33. The summed E-state index contributed by atoms with van der Waals surface area (Å²) in [5.74, 6) is -0.464. The maximum absolute atomic E-state index is 13.0. The number of fused-ring (bicyclic) bond motifs is 1. The van der Waals surface area contributed by atoms with Crippen LogP contribution < -0.4 is 5.32 Å². The summed E-state index contributed by atoms with van der Waals surface area (Å²) in [6.07, 6.45) is 0.826. The third-order valence-electron chi connectivity index (χ3n) is 4.78. The minimum absolute atomic E-state index is 0.0336. The molecule has 0 unspecified atom stereocenters. The molecular weight excluding hydrogens is 319 g/mol. The molecule has 4 nitrogen and oxygen atoms in total. The second kappa shape index (κ2) is 5.84. The second-order valence-corrected chi connectivity index (χ2v) is 6.45. The van der Waals surface area contributed by atoms with E-state index < -0.39 is 0 Å². The van der Waals surface area contributed by atoms with Crippen molar-refractivity contribution in [2.75, 3.05) is 6.54 Å². The molecule has 1 aliphatic carbocycles. The summed E-state index contributed by atoms with van der Waals surface area (Å²) in [4.78, 5) is 26.1. The van der Waals surface area contributed by atoms with Crippen LogP contribution in [0.4, 0.5) is 4.39 Å². The molecule has 1 aliphatic heterocycles. The first-order valence-corrected chi connectivity index (χ1v) is 8.19. The number of carbonyl (C=O) groups is 2. The Morgan fingerprint density at radius 1 is 1.16 bits per heavy atom. The highest BCUT2D eigenvalue weighted by Gasteiger charge is 2.40. The predicted molar refractivity (Wildman–Crippen MR) is 92.2 cm³/mol. The normalized spacial score (nSPS) is 21.2. The molecule has 2 atom stereocenters. The fourth-order valence-electron chi connectivity index (χ4n) is 3.33. The molecule has 1 fully saturated rings. The molecular formula is C20H17FN2O2. The zero-order chi connectivity index (χ0) is 17.6. The predicted octanol–water partition coefficient (Wildman–Crippen LogP) is 2.92. The minimum Gasteiger partial charge on any atom is -0.351 e. The summed E-state index contributed by atoms with van der Waals surface area (Å²) >= 11 is 0. The first kappa shape index (κ1) is 15.6. The monoisotopic (exact) mass is 336 g/mol. The van der Waals surface area contributed by atoms with E-state index in [1.165, 1.54) is 17.0 Å². The first-order chi connectivity index (χ1) is 12.0. The number of amides is 2. The van der Waals surface area contributed by atoms with Crippen LogP contribution in [0.1, 0.15) is 33.8 Å². The zero-order valence-corrected chi connectivity index (χ0v) is 13.5. The van der Waals surface area contributed by atoms with Crippen LogP contribution in [0.15, 0.2) is 55.1 Å². The van der Waals surface area contributed by atoms with Crippen LogP contribution in [0.3, 0.4) is 0 Å². The largest absolute Gasteiger partial charge is 0.351 e. The van der Waals surface area contributed by atoms with Crippen LogP contribution in [0.5, 0.6) is 0 Å². The van der Waals surface area contributed by atoms with Gasteiger partial charge in [-0.05, 0) is 30.2 Å². The van der Waals surface area contributed by atoms with Crippen LogP contribution in [-0.4, -0.2) is 29.3 Å². The van der Waals surface area contributed by atoms with Crippen molar-refractivity contribution < 1.29 is 14.0 Å². The second-order valence-electron chi connectivity index (χ2n) is 6.45. The third-order valence-corrected chi connectivity index (χ3v) is 4.78. The van der Waals surface area contributed by atoms with Gasteiger partial charge in [0, 0.05) is 28.8 Å². The molecule has 2 aliphatic rings. The van der Waals surface area contributed by atoms with Crippen LogP contribution in [0.2, 0.25) is 0 Å². The molecule has 1 heterocycles. The van der Waals surface area contributed by atoms with E-state index in [0.717, 1.165) is 17.5 Å². The number of benzene rings is 2. The van der Waals surface area contributed by atoms with E-state index >= 15 is 0 Å². The summed E-state index contributed by atoms with van der Waals surface area (Å²) in [5, 5.41) is 2.94. The lowest BCUT2D eigenvalue weighted by atomic mass is 10.1. The Morgan fingerprint density at radius 2 is 1.84 bits per heavy atom. The van der Waals surface area contributed by atoms with Crippen molar-refractivity contribution in [2.45, 2.75) is 18.4 Å². The molecule has 5 heteroatoms. The van der Waals surface area contributed by atoms with Gasteiger partial charge in [0.25, 0.3) is 5.91 Å². The quantitative estimate of drug-likeness (QED) is 0.933. The molecule has 1 N–H and O–H groups in total. The lowest BCUT2D eigenvalue weighted by Crippen LogP contribution is -2.38. The van der Waals surface area contributed by atoms with Gasteiger partial charge in [0.2, 0.25) is 5.91 Å². The standard InChI is InChI=1S/C20H17FN2O2/c1-12-15-4-2-3-5-16(15)20(25)23(12)11-19(24)22-18-10-17(18)13-6-8-14(21)9-7-13/h2-9,17-18H,1,10-11H2,(H,22,24)/t17-,18-/m0/s1. The molecule has 0 spiro atoms. The van der Waals surface area contributed by atoms with Crippen molar-refractivity contribution in [3.05, 3.63) is 77.6 Å². The molecule has 0 aromatic heterocycles. The van der Waals surface area contributed by atoms with E-state index in [0.29, 0.717) is 11.3 Å². The maximum atomic E-state index is 13.0. The van der Waals surface area contributed by atoms with Gasteiger partial charge >= 0.3 is 0 Å². The lowest BCUT2D eigenvalue weighted by molar-refractivity contribution is -0.121. The van der Waals surface area contributed by atoms with Gasteiger partial charge in [-0.25, -0.2) is 4.39 Å². The average molecular weight is 336 g/mol. The minimum atomic E-state index is -0.268. The molecule has 0 radical (unpaired) electrons. The van der Waals surface area contributed by atoms with E-state index in [1.807, 2.05) is 12.1 Å². The number of halogens is 1. The number of rotatable bonds is 4. The first-order valence-electron chi connectivity index (χ1n) is 8.19. The van der Waals surface area contributed by atoms with E-state index in [4.69, 9.17) is 0 Å². The van der Waals surface area contributed by atoms with Crippen molar-refractivity contribution in [2.24, 2.45) is 0 Å². The van der Waals surface area contributed by atoms with Gasteiger partial charge in [0.1, 0.15) is 12.4 Å². The van der Waals surface area contributed by atoms with E-state index in [9.17, 15) is 14.0 Å². The van der Waals surface area contributed by atoms with Gasteiger partial charge in [0.05, 0.1) is 0 Å². The molecule has 2 aromatic carbocycles. The Labute approximate surface area is 145 Å². The number of nitrogens with one attached hydrogen (secondary N) is 1. The number of hydrogen-bond acceptors (Lipinski definition) is 2. The fraction of sp³-hybridized carbons (Fsp3) is 0.200. The summed E-state index contributed by atoms with van der Waals surface area (Å²) in [5.41, 5.74) is 2.93. The molecule has 1 saturated carbocycles. The lowest BCUT2D eigenvalue weighted by Gasteiger charge is -2.17. The highest BCUT2D eigenvalue weighted by molar-refractivity contribution is 6.10. The maximum Gasteiger partial charge on any atom is 0.259 e. The fourth-order valence-corrected chi connectivity index (χ4v) is 3.33. The van der Waals surface area contributed by atoms with Crippen molar-refractivity contribution in [1.29, 1.82) is 0 Å². The highest BCUT2D eigenvalue weighted by Crippen LogP contribution is 2.40. The zero-order valence-electron chi connectivity index (χ0n) is 13.5. The summed E-state index contributed by atoms with van der Waals surface area (Å²) in [7, 11) is 0. The molecule has 4 rings (SSSR count). The molecule has 25 heavy (non-hydrogen) atoms. The topological polar surface area (TPSA) is 49.4 Å². The van der Waals surface area contributed by atoms with Crippen molar-refractivity contribution in [1.82, 2.24) is 10.2 Å². The van der Waals surface area contributed by atoms with Crippen LogP contribution in [0.25, 0.3) is 5.70 Å². The summed E-state index contributed by atoms with van der Waals surface area (Å²) in [6.45, 7) is 3.89. The molecule has 126 valence electrons. The highest BCUT2D eigenvalue weighted by atomic mass is 19.1. The van der Waals surface area contributed by atoms with E-state index in [-0.39, 0.29) is 36.1 Å². The van der Waals surface area contributed by atoms with Crippen molar-refractivity contribution in [3.8, 4) is 0 Å². The Bertz CT molecular complexity index is 841. The smallest absolute Gasteiger partial charge is 0.259 e. The van der Waals surface area contributed by atoms with Crippen LogP contribution >= 0.6 is 0 Å². The molecule has 2 amide bonds.